The van der Waals surface area contributed by atoms with Gasteiger partial charge in [-0.15, -0.1) is 0 Å². The normalized spacial score (nSPS) is 10.7. The van der Waals surface area contributed by atoms with Crippen molar-refractivity contribution in [3.8, 4) is 11.5 Å². The number of benzene rings is 2. The van der Waals surface area contributed by atoms with Crippen molar-refractivity contribution in [2.24, 2.45) is 5.10 Å². The van der Waals surface area contributed by atoms with Crippen LogP contribution in [0.2, 0.25) is 10.0 Å². The lowest BCUT2D eigenvalue weighted by Crippen LogP contribution is -2.24. The summed E-state index contributed by atoms with van der Waals surface area (Å²) >= 11 is 15.1. The molecule has 0 aliphatic carbocycles. The highest BCUT2D eigenvalue weighted by Crippen LogP contribution is 2.31. The molecule has 0 aliphatic heterocycles. The topological polar surface area (TPSA) is 70.9 Å². The Labute approximate surface area is 151 Å². The Morgan fingerprint density at radius 1 is 1.35 bits per heavy atom. The van der Waals surface area contributed by atoms with Crippen LogP contribution < -0.4 is 10.2 Å². The minimum absolute atomic E-state index is 0.0492. The third kappa shape index (κ3) is 5.13. The lowest BCUT2D eigenvalue weighted by molar-refractivity contribution is -0.123. The van der Waals surface area contributed by atoms with Gasteiger partial charge in [0.05, 0.1) is 11.2 Å². The molecule has 8 heteroatoms. The van der Waals surface area contributed by atoms with Crippen LogP contribution in [0.1, 0.15) is 5.56 Å². The molecule has 0 atom stereocenters. The van der Waals surface area contributed by atoms with Gasteiger partial charge in [0, 0.05) is 10.0 Å². The quantitative estimate of drug-likeness (QED) is 0.570. The van der Waals surface area contributed by atoms with Crippen molar-refractivity contribution in [1.82, 2.24) is 5.43 Å². The summed E-state index contributed by atoms with van der Waals surface area (Å²) in [6.45, 7) is -0.276. The molecule has 0 radical (unpaired) electrons. The number of aromatic hydroxyl groups is 1. The van der Waals surface area contributed by atoms with Gasteiger partial charge in [-0.25, -0.2) is 5.43 Å². The van der Waals surface area contributed by atoms with E-state index in [4.69, 9.17) is 27.9 Å². The van der Waals surface area contributed by atoms with Crippen molar-refractivity contribution in [2.75, 3.05) is 6.61 Å². The fourth-order valence-corrected chi connectivity index (χ4v) is 2.30. The van der Waals surface area contributed by atoms with Crippen LogP contribution in [0, 0.1) is 0 Å². The fraction of sp³-hybridized carbons (Fsp3) is 0.0667. The number of carbonyl (C=O) groups is 1. The van der Waals surface area contributed by atoms with Crippen LogP contribution in [0.15, 0.2) is 46.0 Å². The van der Waals surface area contributed by atoms with Crippen molar-refractivity contribution in [2.45, 2.75) is 0 Å². The number of halogens is 3. The molecular formula is C15H11BrCl2N2O3. The van der Waals surface area contributed by atoms with Crippen LogP contribution in [0.5, 0.6) is 11.5 Å². The fourth-order valence-electron chi connectivity index (χ4n) is 1.57. The zero-order chi connectivity index (χ0) is 16.8. The predicted octanol–water partition coefficient (Wildman–Crippen LogP) is 3.99. The second-order valence-electron chi connectivity index (χ2n) is 4.34. The highest BCUT2D eigenvalue weighted by atomic mass is 79.9. The maximum absolute atomic E-state index is 11.7. The van der Waals surface area contributed by atoms with Crippen LogP contribution in [0.4, 0.5) is 0 Å². The van der Waals surface area contributed by atoms with E-state index in [0.717, 1.165) is 4.47 Å². The molecule has 0 spiro atoms. The number of phenols is 1. The van der Waals surface area contributed by atoms with Gasteiger partial charge in [-0.05, 0) is 30.3 Å². The van der Waals surface area contributed by atoms with Crippen molar-refractivity contribution in [3.63, 3.8) is 0 Å². The first-order valence-corrected chi connectivity index (χ1v) is 7.89. The molecule has 2 N–H and O–H groups in total. The van der Waals surface area contributed by atoms with Crippen LogP contribution in [-0.2, 0) is 4.79 Å². The van der Waals surface area contributed by atoms with E-state index in [2.05, 4.69) is 26.5 Å². The van der Waals surface area contributed by atoms with E-state index in [1.165, 1.54) is 12.3 Å². The lowest BCUT2D eigenvalue weighted by Gasteiger charge is -2.07. The van der Waals surface area contributed by atoms with Crippen molar-refractivity contribution in [3.05, 3.63) is 56.5 Å². The third-order valence-electron chi connectivity index (χ3n) is 2.66. The molecule has 0 heterocycles. The van der Waals surface area contributed by atoms with Gasteiger partial charge >= 0.3 is 0 Å². The molecule has 0 aromatic heterocycles. The van der Waals surface area contributed by atoms with Gasteiger partial charge < -0.3 is 9.84 Å². The number of rotatable bonds is 5. The van der Waals surface area contributed by atoms with Crippen molar-refractivity contribution >= 4 is 51.3 Å². The maximum Gasteiger partial charge on any atom is 0.277 e. The molecule has 0 aliphatic rings. The molecule has 120 valence electrons. The summed E-state index contributed by atoms with van der Waals surface area (Å²) < 4.78 is 6.05. The minimum Gasteiger partial charge on any atom is -0.507 e. The van der Waals surface area contributed by atoms with Gasteiger partial charge in [-0.2, -0.15) is 5.10 Å². The smallest absolute Gasteiger partial charge is 0.277 e. The second-order valence-corrected chi connectivity index (χ2v) is 6.04. The molecule has 0 saturated heterocycles. The van der Waals surface area contributed by atoms with Gasteiger partial charge in [-0.1, -0.05) is 45.2 Å². The van der Waals surface area contributed by atoms with E-state index < -0.39 is 5.91 Å². The highest BCUT2D eigenvalue weighted by molar-refractivity contribution is 9.10. The molecule has 23 heavy (non-hydrogen) atoms. The summed E-state index contributed by atoms with van der Waals surface area (Å²) in [5.41, 5.74) is 2.74. The van der Waals surface area contributed by atoms with Crippen LogP contribution in [0.25, 0.3) is 0 Å². The molecular weight excluding hydrogens is 407 g/mol. The first-order valence-electron chi connectivity index (χ1n) is 6.34. The summed E-state index contributed by atoms with van der Waals surface area (Å²) in [4.78, 5) is 11.7. The minimum atomic E-state index is -0.480. The number of phenolic OH excluding ortho intramolecular Hbond substituents is 1. The van der Waals surface area contributed by atoms with Crippen molar-refractivity contribution < 1.29 is 14.6 Å². The summed E-state index contributed by atoms with van der Waals surface area (Å²) in [6.07, 6.45) is 1.32. The SMILES string of the molecule is O=C(COc1cccc(Cl)c1Cl)NN=Cc1cc(Br)ccc1O. The standard InChI is InChI=1S/C15H11BrCl2N2O3/c16-10-4-5-12(21)9(6-10)7-19-20-14(22)8-23-13-3-1-2-11(17)15(13)18/h1-7,21H,8H2,(H,20,22). The number of nitrogens with zero attached hydrogens (tertiary/aromatic N) is 1. The average molecular weight is 418 g/mol. The second kappa shape index (κ2) is 8.19. The zero-order valence-corrected chi connectivity index (χ0v) is 14.7. The Kier molecular flexibility index (Phi) is 6.27. The molecule has 2 aromatic carbocycles. The van der Waals surface area contributed by atoms with E-state index in [9.17, 15) is 9.90 Å². The Morgan fingerprint density at radius 3 is 2.91 bits per heavy atom. The number of hydrogen-bond donors (Lipinski definition) is 2. The van der Waals surface area contributed by atoms with E-state index >= 15 is 0 Å². The molecule has 0 bridgehead atoms. The summed E-state index contributed by atoms with van der Waals surface area (Å²) in [6, 6.07) is 9.74. The Bertz CT molecular complexity index is 753. The summed E-state index contributed by atoms with van der Waals surface area (Å²) in [5.74, 6) is -0.122. The van der Waals surface area contributed by atoms with E-state index in [0.29, 0.717) is 16.3 Å². The third-order valence-corrected chi connectivity index (χ3v) is 3.95. The largest absolute Gasteiger partial charge is 0.507 e. The molecule has 0 unspecified atom stereocenters. The van der Waals surface area contributed by atoms with E-state index in [1.54, 1.807) is 30.3 Å². The van der Waals surface area contributed by atoms with E-state index in [-0.39, 0.29) is 17.4 Å². The molecule has 2 aromatic rings. The van der Waals surface area contributed by atoms with Gasteiger partial charge in [0.2, 0.25) is 0 Å². The Morgan fingerprint density at radius 2 is 2.13 bits per heavy atom. The molecule has 0 fully saturated rings. The zero-order valence-electron chi connectivity index (χ0n) is 11.6. The van der Waals surface area contributed by atoms with Crippen LogP contribution >= 0.6 is 39.1 Å². The molecule has 2 rings (SSSR count). The lowest BCUT2D eigenvalue weighted by atomic mass is 10.2. The first-order chi connectivity index (χ1) is 11.0. The molecule has 5 nitrogen and oxygen atoms in total. The monoisotopic (exact) mass is 416 g/mol. The maximum atomic E-state index is 11.7. The average Bonchev–Trinajstić information content (AvgIpc) is 2.52. The van der Waals surface area contributed by atoms with Gasteiger partial charge in [0.25, 0.3) is 5.91 Å². The summed E-state index contributed by atoms with van der Waals surface area (Å²) in [5, 5.41) is 14.0. The molecule has 1 amide bonds. The number of ether oxygens (including phenoxy) is 1. The number of nitrogens with one attached hydrogen (secondary N) is 1. The Hall–Kier alpha value is -1.76. The van der Waals surface area contributed by atoms with E-state index in [1.807, 2.05) is 0 Å². The number of hydrazone groups is 1. The van der Waals surface area contributed by atoms with Gasteiger partial charge in [0.1, 0.15) is 16.5 Å². The van der Waals surface area contributed by atoms with Crippen LogP contribution in [0.3, 0.4) is 0 Å². The van der Waals surface area contributed by atoms with Crippen molar-refractivity contribution in [1.29, 1.82) is 0 Å². The van der Waals surface area contributed by atoms with Gasteiger partial charge in [-0.3, -0.25) is 4.79 Å². The number of carbonyl (C=O) groups excluding carboxylic acids is 1. The summed E-state index contributed by atoms with van der Waals surface area (Å²) in [7, 11) is 0. The Balaban J connectivity index is 1.89. The highest BCUT2D eigenvalue weighted by Gasteiger charge is 2.07. The van der Waals surface area contributed by atoms with Crippen LogP contribution in [-0.4, -0.2) is 23.8 Å². The predicted molar refractivity (Wildman–Crippen MR) is 93.5 cm³/mol. The number of amides is 1. The first kappa shape index (κ1) is 17.6. The molecule has 0 saturated carbocycles. The van der Waals surface area contributed by atoms with Gasteiger partial charge in [0.15, 0.2) is 6.61 Å². The number of hydrogen-bond acceptors (Lipinski definition) is 4.